The summed E-state index contributed by atoms with van der Waals surface area (Å²) in [5, 5.41) is 3.02. The summed E-state index contributed by atoms with van der Waals surface area (Å²) in [6.45, 7) is 6.27. The van der Waals surface area contributed by atoms with Crippen molar-refractivity contribution >= 4 is 21.4 Å². The zero-order chi connectivity index (χ0) is 15.5. The van der Waals surface area contributed by atoms with Gasteiger partial charge in [0.05, 0.1) is 11.4 Å². The number of benzene rings is 1. The molecular weight excluding hydrogens is 286 g/mol. The van der Waals surface area contributed by atoms with E-state index in [-0.39, 0.29) is 5.03 Å². The lowest BCUT2D eigenvalue weighted by Gasteiger charge is -2.15. The lowest BCUT2D eigenvalue weighted by molar-refractivity contribution is 0.598. The minimum Gasteiger partial charge on any atom is -0.383 e. The summed E-state index contributed by atoms with van der Waals surface area (Å²) >= 11 is 0. The van der Waals surface area contributed by atoms with E-state index < -0.39 is 10.0 Å². The molecule has 1 aromatic heterocycles. The van der Waals surface area contributed by atoms with Crippen molar-refractivity contribution in [3.8, 4) is 0 Å². The summed E-state index contributed by atoms with van der Waals surface area (Å²) in [5.74, 6) is 0. The number of pyridine rings is 1. The maximum Gasteiger partial charge on any atom is 0.281 e. The summed E-state index contributed by atoms with van der Waals surface area (Å²) < 4.78 is 27.8. The highest BCUT2D eigenvalue weighted by Crippen LogP contribution is 2.25. The number of nitrogens with zero attached hydrogens (tertiary/aromatic N) is 1. The summed E-state index contributed by atoms with van der Waals surface area (Å²) in [7, 11) is -3.73. The van der Waals surface area contributed by atoms with E-state index in [4.69, 9.17) is 0 Å². The smallest absolute Gasteiger partial charge is 0.281 e. The summed E-state index contributed by atoms with van der Waals surface area (Å²) in [6, 6.07) is 9.04. The maximum absolute atomic E-state index is 12.6. The fraction of sp³-hybridized carbons (Fsp3) is 0.267. The van der Waals surface area contributed by atoms with Gasteiger partial charge in [0.15, 0.2) is 5.03 Å². The second kappa shape index (κ2) is 6.13. The van der Waals surface area contributed by atoms with Crippen LogP contribution in [0, 0.1) is 13.8 Å². The third kappa shape index (κ3) is 3.33. The largest absolute Gasteiger partial charge is 0.383 e. The Balaban J connectivity index is 2.44. The van der Waals surface area contributed by atoms with Crippen LogP contribution in [0.3, 0.4) is 0 Å². The van der Waals surface area contributed by atoms with Gasteiger partial charge in [-0.2, -0.15) is 8.42 Å². The Morgan fingerprint density at radius 1 is 1.10 bits per heavy atom. The molecule has 0 radical (unpaired) electrons. The van der Waals surface area contributed by atoms with Gasteiger partial charge in [-0.25, -0.2) is 4.98 Å². The standard InChI is InChI=1S/C15H19N3O2S/c1-4-16-13-9-6-10-17-15(13)21(19,20)18-14-11(2)7-5-8-12(14)3/h5-10,16,18H,4H2,1-3H3. The molecule has 0 bridgehead atoms. The fourth-order valence-corrected chi connectivity index (χ4v) is 3.40. The van der Waals surface area contributed by atoms with Gasteiger partial charge >= 0.3 is 0 Å². The first-order chi connectivity index (χ1) is 9.95. The molecule has 0 spiro atoms. The van der Waals surface area contributed by atoms with E-state index in [0.717, 1.165) is 11.1 Å². The first-order valence-electron chi connectivity index (χ1n) is 6.73. The highest BCUT2D eigenvalue weighted by Gasteiger charge is 2.21. The van der Waals surface area contributed by atoms with E-state index in [1.165, 1.54) is 6.20 Å². The zero-order valence-corrected chi connectivity index (χ0v) is 13.2. The van der Waals surface area contributed by atoms with Gasteiger partial charge in [0, 0.05) is 12.7 Å². The predicted molar refractivity (Wildman–Crippen MR) is 85.1 cm³/mol. The van der Waals surface area contributed by atoms with Gasteiger partial charge in [-0.1, -0.05) is 18.2 Å². The molecule has 2 N–H and O–H groups in total. The van der Waals surface area contributed by atoms with E-state index in [9.17, 15) is 8.42 Å². The number of hydrogen-bond donors (Lipinski definition) is 2. The fourth-order valence-electron chi connectivity index (χ4n) is 2.09. The third-order valence-corrected chi connectivity index (χ3v) is 4.42. The van der Waals surface area contributed by atoms with Crippen molar-refractivity contribution in [3.63, 3.8) is 0 Å². The summed E-state index contributed by atoms with van der Waals surface area (Å²) in [4.78, 5) is 4.01. The van der Waals surface area contributed by atoms with Gasteiger partial charge in [-0.15, -0.1) is 0 Å². The Morgan fingerprint density at radius 2 is 1.76 bits per heavy atom. The first kappa shape index (κ1) is 15.3. The molecule has 0 aliphatic heterocycles. The van der Waals surface area contributed by atoms with Crippen molar-refractivity contribution in [2.24, 2.45) is 0 Å². The normalized spacial score (nSPS) is 11.2. The highest BCUT2D eigenvalue weighted by atomic mass is 32.2. The van der Waals surface area contributed by atoms with E-state index in [1.807, 2.05) is 39.0 Å². The van der Waals surface area contributed by atoms with Crippen molar-refractivity contribution in [1.29, 1.82) is 0 Å². The molecule has 0 saturated carbocycles. The SMILES string of the molecule is CCNc1cccnc1S(=O)(=O)Nc1c(C)cccc1C. The molecule has 0 amide bonds. The Hall–Kier alpha value is -2.08. The Kier molecular flexibility index (Phi) is 4.47. The van der Waals surface area contributed by atoms with Crippen LogP contribution in [0.15, 0.2) is 41.6 Å². The van der Waals surface area contributed by atoms with Gasteiger partial charge in [0.25, 0.3) is 10.0 Å². The number of aromatic nitrogens is 1. The molecule has 1 heterocycles. The molecule has 1 aromatic carbocycles. The third-order valence-electron chi connectivity index (χ3n) is 3.11. The molecule has 0 aliphatic rings. The van der Waals surface area contributed by atoms with Crippen LogP contribution >= 0.6 is 0 Å². The van der Waals surface area contributed by atoms with Crippen molar-refractivity contribution in [3.05, 3.63) is 47.7 Å². The average molecular weight is 305 g/mol. The van der Waals surface area contributed by atoms with Crippen LogP contribution in [-0.4, -0.2) is 19.9 Å². The van der Waals surface area contributed by atoms with Crippen LogP contribution in [0.2, 0.25) is 0 Å². The number of sulfonamides is 1. The molecule has 2 aromatic rings. The molecule has 0 unspecified atom stereocenters. The highest BCUT2D eigenvalue weighted by molar-refractivity contribution is 7.92. The number of anilines is 2. The second-order valence-corrected chi connectivity index (χ2v) is 6.36. The van der Waals surface area contributed by atoms with Gasteiger partial charge in [0.2, 0.25) is 0 Å². The maximum atomic E-state index is 12.6. The number of para-hydroxylation sites is 1. The number of rotatable bonds is 5. The molecule has 112 valence electrons. The second-order valence-electron chi connectivity index (χ2n) is 4.76. The van der Waals surface area contributed by atoms with Crippen LogP contribution in [0.1, 0.15) is 18.1 Å². The Morgan fingerprint density at radius 3 is 2.38 bits per heavy atom. The quantitative estimate of drug-likeness (QED) is 0.891. The summed E-state index contributed by atoms with van der Waals surface area (Å²) in [6.07, 6.45) is 1.47. The molecule has 2 rings (SSSR count). The van der Waals surface area contributed by atoms with E-state index in [2.05, 4.69) is 15.0 Å². The number of aryl methyl sites for hydroxylation is 2. The minimum atomic E-state index is -3.73. The van der Waals surface area contributed by atoms with Gasteiger partial charge in [-0.3, -0.25) is 4.72 Å². The van der Waals surface area contributed by atoms with Crippen LogP contribution in [0.25, 0.3) is 0 Å². The molecule has 0 atom stereocenters. The van der Waals surface area contributed by atoms with E-state index in [1.54, 1.807) is 12.1 Å². The first-order valence-corrected chi connectivity index (χ1v) is 8.22. The topological polar surface area (TPSA) is 71.1 Å². The van der Waals surface area contributed by atoms with Gasteiger partial charge in [0.1, 0.15) is 0 Å². The molecule has 5 nitrogen and oxygen atoms in total. The molecule has 0 fully saturated rings. The van der Waals surface area contributed by atoms with Crippen LogP contribution < -0.4 is 10.0 Å². The van der Waals surface area contributed by atoms with Crippen molar-refractivity contribution in [1.82, 2.24) is 4.98 Å². The van der Waals surface area contributed by atoms with Crippen LogP contribution in [-0.2, 0) is 10.0 Å². The summed E-state index contributed by atoms with van der Waals surface area (Å²) in [5.41, 5.74) is 2.85. The van der Waals surface area contributed by atoms with Crippen molar-refractivity contribution in [2.75, 3.05) is 16.6 Å². The van der Waals surface area contributed by atoms with Crippen LogP contribution in [0.4, 0.5) is 11.4 Å². The molecule has 21 heavy (non-hydrogen) atoms. The Labute approximate surface area is 125 Å². The Bertz CT molecular complexity index is 722. The van der Waals surface area contributed by atoms with Crippen molar-refractivity contribution < 1.29 is 8.42 Å². The molecule has 6 heteroatoms. The lowest BCUT2D eigenvalue weighted by atomic mass is 10.1. The predicted octanol–water partition coefficient (Wildman–Crippen LogP) is 2.93. The van der Waals surface area contributed by atoms with Crippen LogP contribution in [0.5, 0.6) is 0 Å². The molecule has 0 saturated heterocycles. The van der Waals surface area contributed by atoms with Gasteiger partial charge in [-0.05, 0) is 44.0 Å². The molecule has 0 aliphatic carbocycles. The molecular formula is C15H19N3O2S. The van der Waals surface area contributed by atoms with Crippen molar-refractivity contribution in [2.45, 2.75) is 25.8 Å². The zero-order valence-electron chi connectivity index (χ0n) is 12.3. The van der Waals surface area contributed by atoms with E-state index >= 15 is 0 Å². The monoisotopic (exact) mass is 305 g/mol. The van der Waals surface area contributed by atoms with Gasteiger partial charge < -0.3 is 5.32 Å². The number of nitrogens with one attached hydrogen (secondary N) is 2. The number of hydrogen-bond acceptors (Lipinski definition) is 4. The minimum absolute atomic E-state index is 0.00880. The lowest BCUT2D eigenvalue weighted by Crippen LogP contribution is -2.18. The average Bonchev–Trinajstić information content (AvgIpc) is 2.44. The van der Waals surface area contributed by atoms with E-state index in [0.29, 0.717) is 17.9 Å².